The molecule has 2 aromatic carbocycles. The molecule has 0 bridgehead atoms. The quantitative estimate of drug-likeness (QED) is 0.781. The minimum absolute atomic E-state index is 0.0719. The monoisotopic (exact) mass is 356 g/mol. The zero-order chi connectivity index (χ0) is 17.0. The maximum absolute atomic E-state index is 11.0. The van der Waals surface area contributed by atoms with Crippen LogP contribution in [0.25, 0.3) is 0 Å². The second-order valence-corrected chi connectivity index (χ2v) is 5.39. The van der Waals surface area contributed by atoms with Crippen LogP contribution in [-0.4, -0.2) is 22.3 Å². The van der Waals surface area contributed by atoms with Crippen LogP contribution in [0.3, 0.4) is 0 Å². The van der Waals surface area contributed by atoms with Gasteiger partial charge in [-0.1, -0.05) is 30.1 Å². The summed E-state index contributed by atoms with van der Waals surface area (Å²) in [6, 6.07) is 9.12. The van der Waals surface area contributed by atoms with E-state index in [2.05, 4.69) is 0 Å². The summed E-state index contributed by atoms with van der Waals surface area (Å²) in [7, 11) is 0. The Bertz CT molecular complexity index is 700. The Kier molecular flexibility index (Phi) is 5.58. The molecule has 2 aromatic rings. The van der Waals surface area contributed by atoms with Gasteiger partial charge >= 0.3 is 5.97 Å². The summed E-state index contributed by atoms with van der Waals surface area (Å²) in [6.07, 6.45) is -0.720. The van der Waals surface area contributed by atoms with Crippen LogP contribution in [0.4, 0.5) is 0 Å². The van der Waals surface area contributed by atoms with E-state index in [0.29, 0.717) is 5.75 Å². The van der Waals surface area contributed by atoms with E-state index in [1.807, 2.05) is 0 Å². The van der Waals surface area contributed by atoms with Gasteiger partial charge in [-0.15, -0.1) is 0 Å². The molecule has 1 unspecified atom stereocenters. The van der Waals surface area contributed by atoms with Crippen molar-refractivity contribution in [3.05, 3.63) is 46.4 Å². The van der Waals surface area contributed by atoms with E-state index in [1.165, 1.54) is 24.3 Å². The molecule has 0 radical (unpaired) electrons. The summed E-state index contributed by atoms with van der Waals surface area (Å²) < 4.78 is 10.9. The van der Waals surface area contributed by atoms with Crippen LogP contribution in [0.15, 0.2) is 36.4 Å². The molecule has 0 saturated heterocycles. The number of carbonyl (C=O) groups is 1. The van der Waals surface area contributed by atoms with Crippen LogP contribution in [-0.2, 0) is 4.79 Å². The molecule has 5 nitrogen and oxygen atoms in total. The largest absolute Gasteiger partial charge is 0.508 e. The first-order valence-electron chi connectivity index (χ1n) is 6.76. The molecule has 1 atom stereocenters. The van der Waals surface area contributed by atoms with Gasteiger partial charge in [0.05, 0.1) is 0 Å². The van der Waals surface area contributed by atoms with Crippen molar-refractivity contribution >= 4 is 29.2 Å². The first kappa shape index (κ1) is 17.2. The Morgan fingerprint density at radius 2 is 1.65 bits per heavy atom. The second kappa shape index (κ2) is 7.44. The number of rotatable bonds is 6. The van der Waals surface area contributed by atoms with Crippen molar-refractivity contribution in [3.8, 4) is 23.0 Å². The lowest BCUT2D eigenvalue weighted by atomic mass is 10.2. The maximum atomic E-state index is 11.0. The molecule has 122 valence electrons. The van der Waals surface area contributed by atoms with Crippen LogP contribution >= 0.6 is 23.2 Å². The number of carboxylic acid groups (broad SMARTS) is 1. The molecule has 0 saturated carbocycles. The summed E-state index contributed by atoms with van der Waals surface area (Å²) in [5.41, 5.74) is 0. The normalized spacial score (nSPS) is 11.8. The number of hydrogen-bond acceptors (Lipinski definition) is 4. The van der Waals surface area contributed by atoms with E-state index >= 15 is 0 Å². The number of benzene rings is 2. The second-order valence-electron chi connectivity index (χ2n) is 4.64. The Hall–Kier alpha value is -2.11. The van der Waals surface area contributed by atoms with Crippen molar-refractivity contribution in [1.82, 2.24) is 0 Å². The lowest BCUT2D eigenvalue weighted by Crippen LogP contribution is -2.26. The predicted octanol–water partition coefficient (Wildman–Crippen LogP) is 4.73. The first-order chi connectivity index (χ1) is 10.9. The van der Waals surface area contributed by atoms with Gasteiger partial charge in [-0.25, -0.2) is 4.79 Å². The maximum Gasteiger partial charge on any atom is 0.344 e. The Morgan fingerprint density at radius 1 is 1.09 bits per heavy atom. The van der Waals surface area contributed by atoms with Crippen LogP contribution in [0.5, 0.6) is 23.0 Å². The molecule has 0 aliphatic carbocycles. The van der Waals surface area contributed by atoms with Gasteiger partial charge in [-0.05, 0) is 42.8 Å². The Labute approximate surface area is 143 Å². The van der Waals surface area contributed by atoms with Gasteiger partial charge in [-0.3, -0.25) is 0 Å². The third-order valence-electron chi connectivity index (χ3n) is 2.99. The lowest BCUT2D eigenvalue weighted by molar-refractivity contribution is -0.145. The van der Waals surface area contributed by atoms with Crippen molar-refractivity contribution in [1.29, 1.82) is 0 Å². The summed E-state index contributed by atoms with van der Waals surface area (Å²) in [5, 5.41) is 18.4. The van der Waals surface area contributed by atoms with Gasteiger partial charge in [0.1, 0.15) is 33.0 Å². The zero-order valence-corrected chi connectivity index (χ0v) is 13.6. The minimum atomic E-state index is -1.08. The van der Waals surface area contributed by atoms with Crippen molar-refractivity contribution in [2.75, 3.05) is 0 Å². The fourth-order valence-corrected chi connectivity index (χ4v) is 2.18. The molecule has 7 heteroatoms. The van der Waals surface area contributed by atoms with E-state index in [1.54, 1.807) is 19.1 Å². The van der Waals surface area contributed by atoms with E-state index in [4.69, 9.17) is 37.8 Å². The molecule has 0 aliphatic heterocycles. The smallest absolute Gasteiger partial charge is 0.344 e. The average Bonchev–Trinajstić information content (AvgIpc) is 2.53. The van der Waals surface area contributed by atoms with Gasteiger partial charge in [-0.2, -0.15) is 0 Å². The topological polar surface area (TPSA) is 76.0 Å². The van der Waals surface area contributed by atoms with E-state index in [9.17, 15) is 9.90 Å². The summed E-state index contributed by atoms with van der Waals surface area (Å²) in [6.45, 7) is 1.69. The van der Waals surface area contributed by atoms with E-state index < -0.39 is 12.1 Å². The average molecular weight is 357 g/mol. The fourth-order valence-electron chi connectivity index (χ4n) is 1.79. The first-order valence-corrected chi connectivity index (χ1v) is 7.52. The highest BCUT2D eigenvalue weighted by molar-refractivity contribution is 6.43. The highest BCUT2D eigenvalue weighted by Crippen LogP contribution is 2.41. The van der Waals surface area contributed by atoms with Gasteiger partial charge in [0.25, 0.3) is 0 Å². The third-order valence-corrected chi connectivity index (χ3v) is 3.84. The van der Waals surface area contributed by atoms with Crippen molar-refractivity contribution in [3.63, 3.8) is 0 Å². The summed E-state index contributed by atoms with van der Waals surface area (Å²) >= 11 is 12.3. The van der Waals surface area contributed by atoms with Crippen molar-refractivity contribution in [2.45, 2.75) is 19.4 Å². The molecule has 0 amide bonds. The number of aliphatic carboxylic acids is 1. The minimum Gasteiger partial charge on any atom is -0.508 e. The summed E-state index contributed by atoms with van der Waals surface area (Å²) in [4.78, 5) is 11.0. The SMILES string of the molecule is CCC(Oc1ccc(Oc2ccc(O)cc2)c(Cl)c1Cl)C(=O)O. The number of aromatic hydroxyl groups is 1. The molecule has 0 aromatic heterocycles. The van der Waals surface area contributed by atoms with Gasteiger partial charge < -0.3 is 19.7 Å². The Balaban J connectivity index is 2.23. The molecular weight excluding hydrogens is 343 g/mol. The number of phenols is 1. The Morgan fingerprint density at radius 3 is 2.22 bits per heavy atom. The lowest BCUT2D eigenvalue weighted by Gasteiger charge is -2.16. The zero-order valence-electron chi connectivity index (χ0n) is 12.1. The van der Waals surface area contributed by atoms with Crippen molar-refractivity contribution < 1.29 is 24.5 Å². The van der Waals surface area contributed by atoms with Gasteiger partial charge in [0.15, 0.2) is 6.10 Å². The number of phenolic OH excluding ortho intramolecular Hbond substituents is 1. The molecule has 0 spiro atoms. The van der Waals surface area contributed by atoms with E-state index in [0.717, 1.165) is 0 Å². The van der Waals surface area contributed by atoms with Crippen LogP contribution < -0.4 is 9.47 Å². The van der Waals surface area contributed by atoms with E-state index in [-0.39, 0.29) is 33.7 Å². The number of hydrogen-bond donors (Lipinski definition) is 2. The highest BCUT2D eigenvalue weighted by atomic mass is 35.5. The molecule has 2 N–H and O–H groups in total. The number of carboxylic acids is 1. The number of halogens is 2. The molecule has 23 heavy (non-hydrogen) atoms. The number of ether oxygens (including phenoxy) is 2. The van der Waals surface area contributed by atoms with Crippen molar-refractivity contribution in [2.24, 2.45) is 0 Å². The molecule has 0 aliphatic rings. The van der Waals surface area contributed by atoms with Gasteiger partial charge in [0.2, 0.25) is 0 Å². The van der Waals surface area contributed by atoms with Crippen LogP contribution in [0.2, 0.25) is 10.0 Å². The molecular formula is C16H14Cl2O5. The predicted molar refractivity (Wildman–Crippen MR) is 87.0 cm³/mol. The van der Waals surface area contributed by atoms with Crippen LogP contribution in [0, 0.1) is 0 Å². The standard InChI is InChI=1S/C16H14Cl2O5/c1-2-11(16(20)21)23-13-8-7-12(14(17)15(13)18)22-10-5-3-9(19)4-6-10/h3-8,11,19H,2H2,1H3,(H,20,21). The molecule has 0 fully saturated rings. The third kappa shape index (κ3) is 4.21. The highest BCUT2D eigenvalue weighted by Gasteiger charge is 2.20. The van der Waals surface area contributed by atoms with Gasteiger partial charge in [0, 0.05) is 0 Å². The molecule has 2 rings (SSSR count). The molecule has 0 heterocycles. The fraction of sp³-hybridized carbons (Fsp3) is 0.188. The van der Waals surface area contributed by atoms with Crippen LogP contribution in [0.1, 0.15) is 13.3 Å². The summed E-state index contributed by atoms with van der Waals surface area (Å²) in [5.74, 6) is -0.0397.